The number of pyridine rings is 1. The minimum atomic E-state index is -0.106. The number of thiophene rings is 1. The van der Waals surface area contributed by atoms with Crippen LogP contribution in [0.1, 0.15) is 11.4 Å². The quantitative estimate of drug-likeness (QED) is 0.596. The first-order chi connectivity index (χ1) is 12.1. The third kappa shape index (κ3) is 3.18. The van der Waals surface area contributed by atoms with Crippen molar-refractivity contribution >= 4 is 45.3 Å². The lowest BCUT2D eigenvalue weighted by atomic mass is 10.2. The van der Waals surface area contributed by atoms with Crippen LogP contribution in [0, 0.1) is 6.92 Å². The molecule has 0 aliphatic carbocycles. The smallest absolute Gasteiger partial charge is 0.230 e. The Labute approximate surface area is 152 Å². The van der Waals surface area contributed by atoms with Crippen LogP contribution in [0.3, 0.4) is 0 Å². The third-order valence-electron chi connectivity index (χ3n) is 3.77. The molecule has 4 aromatic heterocycles. The number of amides is 1. The molecule has 126 valence electrons. The Kier molecular flexibility index (Phi) is 4.06. The fraction of sp³-hybridized carbons (Fsp3) is 0.176. The number of aromatic nitrogens is 4. The van der Waals surface area contributed by atoms with Gasteiger partial charge in [-0.1, -0.05) is 6.07 Å². The van der Waals surface area contributed by atoms with E-state index in [-0.39, 0.29) is 12.3 Å². The van der Waals surface area contributed by atoms with Crippen molar-refractivity contribution in [2.24, 2.45) is 7.05 Å². The number of rotatable bonds is 4. The molecule has 0 aliphatic heterocycles. The maximum atomic E-state index is 12.3. The van der Waals surface area contributed by atoms with Gasteiger partial charge in [0.2, 0.25) is 5.91 Å². The Balaban J connectivity index is 1.48. The van der Waals surface area contributed by atoms with Gasteiger partial charge in [-0.05, 0) is 24.4 Å². The Bertz CT molecular complexity index is 1050. The van der Waals surface area contributed by atoms with Crippen molar-refractivity contribution in [1.29, 1.82) is 0 Å². The minimum absolute atomic E-state index is 0.106. The van der Waals surface area contributed by atoms with Gasteiger partial charge in [-0.2, -0.15) is 5.10 Å². The highest BCUT2D eigenvalue weighted by Crippen LogP contribution is 2.28. The number of thiazole rings is 1. The monoisotopic (exact) mass is 369 g/mol. The van der Waals surface area contributed by atoms with Crippen molar-refractivity contribution in [2.45, 2.75) is 13.3 Å². The first kappa shape index (κ1) is 15.9. The van der Waals surface area contributed by atoms with Gasteiger partial charge >= 0.3 is 0 Å². The fourth-order valence-electron chi connectivity index (χ4n) is 2.65. The molecule has 1 amide bonds. The Morgan fingerprint density at radius 1 is 1.36 bits per heavy atom. The second-order valence-corrected chi connectivity index (χ2v) is 7.46. The normalized spacial score (nSPS) is 11.1. The van der Waals surface area contributed by atoms with E-state index in [4.69, 9.17) is 0 Å². The molecule has 4 rings (SSSR count). The molecule has 0 bridgehead atoms. The molecule has 0 radical (unpaired) electrons. The van der Waals surface area contributed by atoms with Gasteiger partial charge in [-0.3, -0.25) is 9.48 Å². The topological polar surface area (TPSA) is 72.7 Å². The molecule has 0 aromatic carbocycles. The van der Waals surface area contributed by atoms with Crippen LogP contribution >= 0.6 is 22.7 Å². The van der Waals surface area contributed by atoms with Crippen molar-refractivity contribution in [3.8, 4) is 9.88 Å². The second kappa shape index (κ2) is 6.38. The van der Waals surface area contributed by atoms with Crippen LogP contribution in [-0.4, -0.2) is 25.7 Å². The zero-order valence-electron chi connectivity index (χ0n) is 13.7. The van der Waals surface area contributed by atoms with Crippen LogP contribution in [0.4, 0.5) is 5.69 Å². The number of carbonyl (C=O) groups is 1. The molecule has 0 aliphatic rings. The summed E-state index contributed by atoms with van der Waals surface area (Å²) in [5, 5.41) is 13.1. The van der Waals surface area contributed by atoms with E-state index in [0.717, 1.165) is 32.3 Å². The fourth-order valence-corrected chi connectivity index (χ4v) is 4.28. The molecule has 4 heterocycles. The number of fused-ring (bicyclic) bond motifs is 1. The summed E-state index contributed by atoms with van der Waals surface area (Å²) >= 11 is 3.20. The number of aryl methyl sites for hydroxylation is 2. The van der Waals surface area contributed by atoms with Gasteiger partial charge < -0.3 is 5.32 Å². The van der Waals surface area contributed by atoms with E-state index in [1.807, 2.05) is 42.9 Å². The number of nitrogens with zero attached hydrogens (tertiary/aromatic N) is 4. The zero-order valence-corrected chi connectivity index (χ0v) is 15.3. The SMILES string of the molecule is Cc1nn(C)c2ncc(NC(=O)Cc3csc(-c4cccs4)n3)cc12. The molecule has 0 saturated heterocycles. The highest BCUT2D eigenvalue weighted by molar-refractivity contribution is 7.20. The first-order valence-corrected chi connectivity index (χ1v) is 9.43. The van der Waals surface area contributed by atoms with E-state index in [0.29, 0.717) is 5.69 Å². The van der Waals surface area contributed by atoms with Crippen molar-refractivity contribution in [2.75, 3.05) is 5.32 Å². The second-order valence-electron chi connectivity index (χ2n) is 5.65. The van der Waals surface area contributed by atoms with Crippen LogP contribution < -0.4 is 5.32 Å². The Hall–Kier alpha value is -2.58. The number of anilines is 1. The van der Waals surface area contributed by atoms with E-state index in [9.17, 15) is 4.79 Å². The lowest BCUT2D eigenvalue weighted by Gasteiger charge is -2.04. The third-order valence-corrected chi connectivity index (χ3v) is 5.70. The summed E-state index contributed by atoms with van der Waals surface area (Å²) < 4.78 is 1.73. The maximum absolute atomic E-state index is 12.3. The summed E-state index contributed by atoms with van der Waals surface area (Å²) in [4.78, 5) is 22.3. The average Bonchev–Trinajstić information content (AvgIpc) is 3.29. The summed E-state index contributed by atoms with van der Waals surface area (Å²) in [5.74, 6) is -0.106. The van der Waals surface area contributed by atoms with E-state index < -0.39 is 0 Å². The molecular weight excluding hydrogens is 354 g/mol. The Morgan fingerprint density at radius 3 is 3.04 bits per heavy atom. The van der Waals surface area contributed by atoms with Crippen molar-refractivity contribution < 1.29 is 4.79 Å². The molecule has 0 atom stereocenters. The van der Waals surface area contributed by atoms with E-state index >= 15 is 0 Å². The van der Waals surface area contributed by atoms with E-state index in [2.05, 4.69) is 20.4 Å². The summed E-state index contributed by atoms with van der Waals surface area (Å²) in [7, 11) is 1.86. The van der Waals surface area contributed by atoms with E-state index in [1.54, 1.807) is 33.6 Å². The predicted molar refractivity (Wildman–Crippen MR) is 101 cm³/mol. The van der Waals surface area contributed by atoms with Crippen LogP contribution in [0.5, 0.6) is 0 Å². The largest absolute Gasteiger partial charge is 0.324 e. The summed E-state index contributed by atoms with van der Waals surface area (Å²) in [6.45, 7) is 1.93. The molecule has 0 spiro atoms. The van der Waals surface area contributed by atoms with Crippen LogP contribution in [-0.2, 0) is 18.3 Å². The Morgan fingerprint density at radius 2 is 2.24 bits per heavy atom. The van der Waals surface area contributed by atoms with Crippen LogP contribution in [0.2, 0.25) is 0 Å². The summed E-state index contributed by atoms with van der Waals surface area (Å²) in [6.07, 6.45) is 1.89. The van der Waals surface area contributed by atoms with Gasteiger partial charge in [0, 0.05) is 17.8 Å². The first-order valence-electron chi connectivity index (χ1n) is 7.67. The molecule has 1 N–H and O–H groups in total. The number of hydrogen-bond donors (Lipinski definition) is 1. The van der Waals surface area contributed by atoms with Crippen LogP contribution in [0.15, 0.2) is 35.2 Å². The van der Waals surface area contributed by atoms with Crippen molar-refractivity contribution in [3.05, 3.63) is 46.5 Å². The summed E-state index contributed by atoms with van der Waals surface area (Å²) in [6, 6.07) is 5.93. The molecule has 25 heavy (non-hydrogen) atoms. The summed E-state index contributed by atoms with van der Waals surface area (Å²) in [5.41, 5.74) is 3.14. The molecule has 4 aromatic rings. The molecule has 8 heteroatoms. The molecule has 0 saturated carbocycles. The average molecular weight is 369 g/mol. The molecule has 6 nitrogen and oxygen atoms in total. The lowest BCUT2D eigenvalue weighted by molar-refractivity contribution is -0.115. The van der Waals surface area contributed by atoms with Crippen LogP contribution in [0.25, 0.3) is 20.9 Å². The van der Waals surface area contributed by atoms with E-state index in [1.165, 1.54) is 0 Å². The number of hydrogen-bond acceptors (Lipinski definition) is 6. The molecule has 0 fully saturated rings. The highest BCUT2D eigenvalue weighted by Gasteiger charge is 2.12. The number of nitrogens with one attached hydrogen (secondary N) is 1. The van der Waals surface area contributed by atoms with Crippen molar-refractivity contribution in [1.82, 2.24) is 19.7 Å². The van der Waals surface area contributed by atoms with Gasteiger partial charge in [0.1, 0.15) is 5.01 Å². The lowest BCUT2D eigenvalue weighted by Crippen LogP contribution is -2.14. The maximum Gasteiger partial charge on any atom is 0.230 e. The van der Waals surface area contributed by atoms with Gasteiger partial charge in [-0.25, -0.2) is 9.97 Å². The molecular formula is C17H15N5OS2. The van der Waals surface area contributed by atoms with Gasteiger partial charge in [-0.15, -0.1) is 22.7 Å². The van der Waals surface area contributed by atoms with Gasteiger partial charge in [0.25, 0.3) is 0 Å². The minimum Gasteiger partial charge on any atom is -0.324 e. The van der Waals surface area contributed by atoms with Gasteiger partial charge in [0.05, 0.1) is 34.6 Å². The van der Waals surface area contributed by atoms with Gasteiger partial charge in [0.15, 0.2) is 5.65 Å². The zero-order chi connectivity index (χ0) is 17.4. The van der Waals surface area contributed by atoms with Crippen molar-refractivity contribution in [3.63, 3.8) is 0 Å². The highest BCUT2D eigenvalue weighted by atomic mass is 32.1. The standard InChI is InChI=1S/C17H15N5OS2/c1-10-13-6-11(8-18-16(13)22(2)21-10)19-15(23)7-12-9-25-17(20-12)14-4-3-5-24-14/h3-6,8-9H,7H2,1-2H3,(H,19,23). The molecule has 0 unspecified atom stereocenters. The predicted octanol–water partition coefficient (Wildman–Crippen LogP) is 3.64. The number of carbonyl (C=O) groups excluding carboxylic acids is 1.